The summed E-state index contributed by atoms with van der Waals surface area (Å²) in [5.74, 6) is 1.06. The lowest BCUT2D eigenvalue weighted by molar-refractivity contribution is -0.128. The number of thioether (sulfide) groups is 1. The zero-order valence-corrected chi connectivity index (χ0v) is 13.2. The van der Waals surface area contributed by atoms with Crippen LogP contribution in [0.5, 0.6) is 11.5 Å². The quantitative estimate of drug-likeness (QED) is 0.880. The molecule has 1 heterocycles. The van der Waals surface area contributed by atoms with Crippen molar-refractivity contribution in [2.24, 2.45) is 0 Å². The third-order valence-electron chi connectivity index (χ3n) is 3.44. The van der Waals surface area contributed by atoms with Crippen LogP contribution in [0.2, 0.25) is 0 Å². The highest BCUT2D eigenvalue weighted by molar-refractivity contribution is 7.98. The van der Waals surface area contributed by atoms with Crippen LogP contribution in [-0.2, 0) is 4.79 Å². The van der Waals surface area contributed by atoms with E-state index in [-0.39, 0.29) is 12.0 Å². The summed E-state index contributed by atoms with van der Waals surface area (Å²) in [6, 6.07) is 15.1. The molecule has 5 heteroatoms. The number of benzene rings is 2. The first-order valence-corrected chi connectivity index (χ1v) is 8.27. The molecule has 0 fully saturated rings. The minimum absolute atomic E-state index is 0.208. The Morgan fingerprint density at radius 2 is 1.82 bits per heavy atom. The molecule has 0 saturated carbocycles. The van der Waals surface area contributed by atoms with E-state index < -0.39 is 6.10 Å². The van der Waals surface area contributed by atoms with E-state index in [1.54, 1.807) is 17.8 Å². The van der Waals surface area contributed by atoms with Crippen molar-refractivity contribution in [3.63, 3.8) is 0 Å². The van der Waals surface area contributed by atoms with Crippen molar-refractivity contribution in [3.8, 4) is 11.5 Å². The molecule has 2 atom stereocenters. The molecule has 0 spiro atoms. The molecule has 22 heavy (non-hydrogen) atoms. The molecule has 2 aromatic rings. The highest BCUT2D eigenvalue weighted by Gasteiger charge is 2.34. The standard InChI is InChI=1S/C17H17NO3S/c1-11-16(21-15-9-4-3-8-14(15)20-11)17(19)18-12-6-5-7-13(10-12)22-2/h3-11,16H,1-2H3,(H,18,19)/t11-,16+/m1/s1. The maximum atomic E-state index is 12.5. The van der Waals surface area contributed by atoms with Crippen LogP contribution in [0, 0.1) is 0 Å². The fourth-order valence-corrected chi connectivity index (χ4v) is 2.78. The third kappa shape index (κ3) is 3.04. The van der Waals surface area contributed by atoms with E-state index >= 15 is 0 Å². The maximum Gasteiger partial charge on any atom is 0.269 e. The summed E-state index contributed by atoms with van der Waals surface area (Å²) >= 11 is 1.63. The molecule has 1 aliphatic heterocycles. The number of hydrogen-bond acceptors (Lipinski definition) is 4. The van der Waals surface area contributed by atoms with Gasteiger partial charge in [-0.3, -0.25) is 4.79 Å². The number of fused-ring (bicyclic) bond motifs is 1. The normalized spacial score (nSPS) is 19.5. The highest BCUT2D eigenvalue weighted by Crippen LogP contribution is 2.33. The van der Waals surface area contributed by atoms with E-state index in [2.05, 4.69) is 5.32 Å². The van der Waals surface area contributed by atoms with Crippen molar-refractivity contribution in [2.75, 3.05) is 11.6 Å². The number of rotatable bonds is 3. The number of anilines is 1. The lowest BCUT2D eigenvalue weighted by atomic mass is 10.1. The van der Waals surface area contributed by atoms with Gasteiger partial charge >= 0.3 is 0 Å². The van der Waals surface area contributed by atoms with Gasteiger partial charge in [0.15, 0.2) is 11.5 Å². The second-order valence-electron chi connectivity index (χ2n) is 5.03. The second-order valence-corrected chi connectivity index (χ2v) is 5.91. The summed E-state index contributed by atoms with van der Waals surface area (Å²) in [5.41, 5.74) is 0.756. The predicted octanol–water partition coefficient (Wildman–Crippen LogP) is 3.58. The Kier molecular flexibility index (Phi) is 4.24. The largest absolute Gasteiger partial charge is 0.482 e. The van der Waals surface area contributed by atoms with Gasteiger partial charge in [-0.15, -0.1) is 11.8 Å². The van der Waals surface area contributed by atoms with Gasteiger partial charge in [0, 0.05) is 10.6 Å². The molecule has 114 valence electrons. The monoisotopic (exact) mass is 315 g/mol. The molecule has 0 aliphatic carbocycles. The molecule has 4 nitrogen and oxygen atoms in total. The molecule has 0 saturated heterocycles. The van der Waals surface area contributed by atoms with Crippen molar-refractivity contribution in [1.82, 2.24) is 0 Å². The molecule has 0 aromatic heterocycles. The van der Waals surface area contributed by atoms with Gasteiger partial charge in [-0.2, -0.15) is 0 Å². The molecule has 1 N–H and O–H groups in total. The summed E-state index contributed by atoms with van der Waals surface area (Å²) in [4.78, 5) is 13.6. The number of ether oxygens (including phenoxy) is 2. The minimum Gasteiger partial charge on any atom is -0.482 e. The van der Waals surface area contributed by atoms with Gasteiger partial charge in [0.05, 0.1) is 0 Å². The van der Waals surface area contributed by atoms with Crippen LogP contribution in [0.4, 0.5) is 5.69 Å². The van der Waals surface area contributed by atoms with E-state index in [0.717, 1.165) is 10.6 Å². The third-order valence-corrected chi connectivity index (χ3v) is 4.16. The fourth-order valence-electron chi connectivity index (χ4n) is 2.32. The lowest BCUT2D eigenvalue weighted by Gasteiger charge is -2.31. The van der Waals surface area contributed by atoms with Gasteiger partial charge in [0.2, 0.25) is 6.10 Å². The van der Waals surface area contributed by atoms with Crippen LogP contribution in [0.15, 0.2) is 53.4 Å². The van der Waals surface area contributed by atoms with Crippen LogP contribution in [-0.4, -0.2) is 24.4 Å². The van der Waals surface area contributed by atoms with Gasteiger partial charge in [-0.25, -0.2) is 0 Å². The molecule has 1 aliphatic rings. The maximum absolute atomic E-state index is 12.5. The smallest absolute Gasteiger partial charge is 0.269 e. The number of para-hydroxylation sites is 2. The van der Waals surface area contributed by atoms with E-state index in [9.17, 15) is 4.79 Å². The van der Waals surface area contributed by atoms with E-state index in [4.69, 9.17) is 9.47 Å². The van der Waals surface area contributed by atoms with Crippen LogP contribution >= 0.6 is 11.8 Å². The van der Waals surface area contributed by atoms with Crippen molar-refractivity contribution >= 4 is 23.4 Å². The Bertz CT molecular complexity index is 689. The summed E-state index contributed by atoms with van der Waals surface area (Å²) in [5, 5.41) is 2.89. The van der Waals surface area contributed by atoms with Gasteiger partial charge in [0.25, 0.3) is 5.91 Å². The summed E-state index contributed by atoms with van der Waals surface area (Å²) < 4.78 is 11.6. The Balaban J connectivity index is 1.75. The Morgan fingerprint density at radius 3 is 2.55 bits per heavy atom. The second kappa shape index (κ2) is 6.32. The summed E-state index contributed by atoms with van der Waals surface area (Å²) in [6.45, 7) is 1.83. The average Bonchev–Trinajstić information content (AvgIpc) is 2.54. The van der Waals surface area contributed by atoms with Gasteiger partial charge in [-0.05, 0) is 43.5 Å². The first kappa shape index (κ1) is 14.8. The van der Waals surface area contributed by atoms with E-state index in [1.807, 2.05) is 55.6 Å². The number of hydrogen-bond donors (Lipinski definition) is 1. The van der Waals surface area contributed by atoms with Gasteiger partial charge in [-0.1, -0.05) is 18.2 Å². The Morgan fingerprint density at radius 1 is 1.09 bits per heavy atom. The molecular formula is C17H17NO3S. The zero-order valence-electron chi connectivity index (χ0n) is 12.4. The van der Waals surface area contributed by atoms with Crippen molar-refractivity contribution < 1.29 is 14.3 Å². The van der Waals surface area contributed by atoms with Crippen LogP contribution in [0.25, 0.3) is 0 Å². The van der Waals surface area contributed by atoms with Crippen molar-refractivity contribution in [3.05, 3.63) is 48.5 Å². The molecule has 2 aromatic carbocycles. The first-order valence-electron chi connectivity index (χ1n) is 7.04. The van der Waals surface area contributed by atoms with Crippen molar-refractivity contribution in [2.45, 2.75) is 24.0 Å². The number of amides is 1. The van der Waals surface area contributed by atoms with Crippen LogP contribution < -0.4 is 14.8 Å². The summed E-state index contributed by atoms with van der Waals surface area (Å²) in [6.07, 6.45) is 0.976. The summed E-state index contributed by atoms with van der Waals surface area (Å²) in [7, 11) is 0. The molecule has 1 amide bonds. The topological polar surface area (TPSA) is 47.6 Å². The zero-order chi connectivity index (χ0) is 15.5. The lowest BCUT2D eigenvalue weighted by Crippen LogP contribution is -2.46. The van der Waals surface area contributed by atoms with E-state index in [0.29, 0.717) is 11.5 Å². The minimum atomic E-state index is -0.673. The predicted molar refractivity (Wildman–Crippen MR) is 87.8 cm³/mol. The molecule has 0 radical (unpaired) electrons. The van der Waals surface area contributed by atoms with Crippen LogP contribution in [0.3, 0.4) is 0 Å². The van der Waals surface area contributed by atoms with Gasteiger partial charge < -0.3 is 14.8 Å². The number of nitrogens with one attached hydrogen (secondary N) is 1. The highest BCUT2D eigenvalue weighted by atomic mass is 32.2. The first-order chi connectivity index (χ1) is 10.7. The molecule has 0 unspecified atom stereocenters. The number of carbonyl (C=O) groups excluding carboxylic acids is 1. The Hall–Kier alpha value is -2.14. The average molecular weight is 315 g/mol. The van der Waals surface area contributed by atoms with Crippen LogP contribution in [0.1, 0.15) is 6.92 Å². The SMILES string of the molecule is CSc1cccc(NC(=O)[C@H]2Oc3ccccc3O[C@@H]2C)c1. The fraction of sp³-hybridized carbons (Fsp3) is 0.235. The molecule has 0 bridgehead atoms. The number of carbonyl (C=O) groups is 1. The van der Waals surface area contributed by atoms with Crippen molar-refractivity contribution in [1.29, 1.82) is 0 Å². The Labute approximate surface area is 133 Å². The molecular weight excluding hydrogens is 298 g/mol. The van der Waals surface area contributed by atoms with Gasteiger partial charge in [0.1, 0.15) is 6.10 Å². The molecule has 3 rings (SSSR count). The van der Waals surface area contributed by atoms with E-state index in [1.165, 1.54) is 0 Å².